The summed E-state index contributed by atoms with van der Waals surface area (Å²) in [7, 11) is 3.41. The predicted molar refractivity (Wildman–Crippen MR) is 129 cm³/mol. The van der Waals surface area contributed by atoms with Crippen LogP contribution in [0.4, 0.5) is 13.2 Å². The molecule has 2 fully saturated rings. The van der Waals surface area contributed by atoms with Crippen LogP contribution >= 0.6 is 24.0 Å². The van der Waals surface area contributed by atoms with E-state index in [2.05, 4.69) is 15.2 Å². The van der Waals surface area contributed by atoms with Crippen molar-refractivity contribution >= 4 is 35.8 Å². The Morgan fingerprint density at radius 3 is 2.39 bits per heavy atom. The van der Waals surface area contributed by atoms with Crippen molar-refractivity contribution in [2.75, 3.05) is 59.9 Å². The lowest BCUT2D eigenvalue weighted by molar-refractivity contribution is -0.146. The number of likely N-dealkylation sites (tertiary alicyclic amines) is 1. The molecule has 6 nitrogen and oxygen atoms in total. The highest BCUT2D eigenvalue weighted by molar-refractivity contribution is 14.0. The molecule has 10 heteroatoms. The molecule has 1 saturated carbocycles. The summed E-state index contributed by atoms with van der Waals surface area (Å²) in [6.07, 6.45) is 2.90. The van der Waals surface area contributed by atoms with Crippen LogP contribution in [-0.4, -0.2) is 92.7 Å². The molecule has 0 aromatic rings. The van der Waals surface area contributed by atoms with E-state index in [-0.39, 0.29) is 42.3 Å². The van der Waals surface area contributed by atoms with E-state index in [4.69, 9.17) is 0 Å². The second-order valence-corrected chi connectivity index (χ2v) is 8.86. The maximum atomic E-state index is 12.8. The average Bonchev–Trinajstić information content (AvgIpc) is 3.15. The molecule has 2 aliphatic rings. The van der Waals surface area contributed by atoms with Crippen molar-refractivity contribution in [2.24, 2.45) is 16.8 Å². The summed E-state index contributed by atoms with van der Waals surface area (Å²) >= 11 is 0. The van der Waals surface area contributed by atoms with Crippen LogP contribution < -0.4 is 5.32 Å². The average molecular weight is 561 g/mol. The van der Waals surface area contributed by atoms with Crippen LogP contribution in [0.3, 0.4) is 0 Å². The second-order valence-electron chi connectivity index (χ2n) is 8.86. The third-order valence-corrected chi connectivity index (χ3v) is 6.09. The Labute approximate surface area is 202 Å². The lowest BCUT2D eigenvalue weighted by Crippen LogP contribution is -2.44. The van der Waals surface area contributed by atoms with Crippen molar-refractivity contribution in [2.45, 2.75) is 51.6 Å². The van der Waals surface area contributed by atoms with Crippen LogP contribution in [0.2, 0.25) is 0 Å². The van der Waals surface area contributed by atoms with E-state index < -0.39 is 12.7 Å². The van der Waals surface area contributed by atoms with Gasteiger partial charge in [0.15, 0.2) is 5.96 Å². The monoisotopic (exact) mass is 561 g/mol. The highest BCUT2D eigenvalue weighted by Crippen LogP contribution is 2.24. The van der Waals surface area contributed by atoms with Gasteiger partial charge < -0.3 is 15.1 Å². The molecule has 31 heavy (non-hydrogen) atoms. The number of carbonyl (C=O) groups excluding carboxylic acids is 1. The maximum Gasteiger partial charge on any atom is 0.401 e. The van der Waals surface area contributed by atoms with Gasteiger partial charge in [0.2, 0.25) is 5.91 Å². The number of alkyl halides is 3. The Bertz CT molecular complexity index is 568. The number of halogens is 4. The van der Waals surface area contributed by atoms with Gasteiger partial charge in [0, 0.05) is 40.3 Å². The lowest BCUT2D eigenvalue weighted by atomic mass is 9.89. The third kappa shape index (κ3) is 10.6. The zero-order chi connectivity index (χ0) is 22.1. The standard InChI is InChI=1S/C21H38F3N5O.HI/c1-4-28(16-21(22,23)24)14-18-10-11-29(15-18)20(26-13-19(30)27(2)3)25-12-17-8-6-5-7-9-17;/h17-18H,4-16H2,1-3H3,(H,25,26);1H. The molecule has 2 rings (SSSR count). The molecule has 1 atom stereocenters. The van der Waals surface area contributed by atoms with E-state index in [1.807, 2.05) is 0 Å². The Kier molecular flexibility index (Phi) is 12.5. The minimum Gasteiger partial charge on any atom is -0.356 e. The van der Waals surface area contributed by atoms with E-state index in [0.29, 0.717) is 25.6 Å². The van der Waals surface area contributed by atoms with Crippen molar-refractivity contribution in [3.05, 3.63) is 0 Å². The molecule has 1 heterocycles. The number of aliphatic imine (C=N–C) groups is 1. The molecule has 0 spiro atoms. The topological polar surface area (TPSA) is 51.2 Å². The maximum absolute atomic E-state index is 12.8. The smallest absolute Gasteiger partial charge is 0.356 e. The van der Waals surface area contributed by atoms with Gasteiger partial charge in [-0.3, -0.25) is 9.69 Å². The SMILES string of the molecule is CCN(CC1CCN(C(=NCC(=O)N(C)C)NCC2CCCCC2)C1)CC(F)(F)F.I. The number of rotatable bonds is 8. The largest absolute Gasteiger partial charge is 0.401 e. The summed E-state index contributed by atoms with van der Waals surface area (Å²) in [5.41, 5.74) is 0. The van der Waals surface area contributed by atoms with E-state index in [1.54, 1.807) is 21.0 Å². The van der Waals surface area contributed by atoms with Gasteiger partial charge in [0.05, 0.1) is 6.54 Å². The fraction of sp³-hybridized carbons (Fsp3) is 0.905. The molecule has 0 bridgehead atoms. The highest BCUT2D eigenvalue weighted by Gasteiger charge is 2.33. The van der Waals surface area contributed by atoms with Crippen LogP contribution in [0.25, 0.3) is 0 Å². The molecule has 0 radical (unpaired) electrons. The number of nitrogens with zero attached hydrogens (tertiary/aromatic N) is 4. The molecule has 1 N–H and O–H groups in total. The molecule has 1 aliphatic carbocycles. The van der Waals surface area contributed by atoms with Crippen LogP contribution in [0.1, 0.15) is 45.4 Å². The van der Waals surface area contributed by atoms with Gasteiger partial charge in [0.25, 0.3) is 0 Å². The number of hydrogen-bond donors (Lipinski definition) is 1. The van der Waals surface area contributed by atoms with Crippen LogP contribution in [0.5, 0.6) is 0 Å². The normalized spacial score (nSPS) is 20.7. The molecule has 1 aliphatic heterocycles. The zero-order valence-corrected chi connectivity index (χ0v) is 21.4. The summed E-state index contributed by atoms with van der Waals surface area (Å²) in [6, 6.07) is 0. The van der Waals surface area contributed by atoms with Crippen LogP contribution in [0, 0.1) is 11.8 Å². The van der Waals surface area contributed by atoms with Gasteiger partial charge in [-0.15, -0.1) is 24.0 Å². The summed E-state index contributed by atoms with van der Waals surface area (Å²) < 4.78 is 38.3. The number of hydrogen-bond acceptors (Lipinski definition) is 3. The van der Waals surface area contributed by atoms with Crippen LogP contribution in [-0.2, 0) is 4.79 Å². The molecular formula is C21H39F3IN5O. The predicted octanol–water partition coefficient (Wildman–Crippen LogP) is 3.42. The van der Waals surface area contributed by atoms with Crippen molar-refractivity contribution in [1.82, 2.24) is 20.0 Å². The number of amides is 1. The fourth-order valence-corrected chi connectivity index (χ4v) is 4.28. The number of likely N-dealkylation sites (N-methyl/N-ethyl adjacent to an activating group) is 1. The van der Waals surface area contributed by atoms with Gasteiger partial charge >= 0.3 is 6.18 Å². The minimum absolute atomic E-state index is 0. The van der Waals surface area contributed by atoms with E-state index in [0.717, 1.165) is 25.5 Å². The first-order valence-corrected chi connectivity index (χ1v) is 11.2. The van der Waals surface area contributed by atoms with Gasteiger partial charge in [-0.1, -0.05) is 26.2 Å². The van der Waals surface area contributed by atoms with Crippen molar-refractivity contribution in [1.29, 1.82) is 0 Å². The second kappa shape index (κ2) is 13.7. The molecular weight excluding hydrogens is 522 g/mol. The van der Waals surface area contributed by atoms with Gasteiger partial charge in [-0.2, -0.15) is 13.2 Å². The van der Waals surface area contributed by atoms with Crippen molar-refractivity contribution < 1.29 is 18.0 Å². The number of carbonyl (C=O) groups is 1. The summed E-state index contributed by atoms with van der Waals surface area (Å²) in [6.45, 7) is 4.05. The first kappa shape index (κ1) is 28.3. The van der Waals surface area contributed by atoms with E-state index in [1.165, 1.54) is 41.9 Å². The Balaban J connectivity index is 0.00000480. The first-order valence-electron chi connectivity index (χ1n) is 11.2. The fourth-order valence-electron chi connectivity index (χ4n) is 4.28. The molecule has 182 valence electrons. The Hall–Kier alpha value is -0.780. The zero-order valence-electron chi connectivity index (χ0n) is 19.1. The highest BCUT2D eigenvalue weighted by atomic mass is 127. The molecule has 1 unspecified atom stereocenters. The Morgan fingerprint density at radius 2 is 1.81 bits per heavy atom. The van der Waals surface area contributed by atoms with Gasteiger partial charge in [-0.05, 0) is 37.6 Å². The van der Waals surface area contributed by atoms with E-state index >= 15 is 0 Å². The van der Waals surface area contributed by atoms with Gasteiger partial charge in [-0.25, -0.2) is 4.99 Å². The molecule has 0 aromatic carbocycles. The molecule has 1 amide bonds. The summed E-state index contributed by atoms with van der Waals surface area (Å²) in [5, 5.41) is 3.46. The van der Waals surface area contributed by atoms with Crippen molar-refractivity contribution in [3.63, 3.8) is 0 Å². The molecule has 1 saturated heterocycles. The first-order chi connectivity index (χ1) is 14.2. The number of nitrogens with one attached hydrogen (secondary N) is 1. The van der Waals surface area contributed by atoms with Gasteiger partial charge in [0.1, 0.15) is 6.54 Å². The quantitative estimate of drug-likeness (QED) is 0.281. The number of guanidine groups is 1. The lowest BCUT2D eigenvalue weighted by Gasteiger charge is -2.28. The Morgan fingerprint density at radius 1 is 1.13 bits per heavy atom. The third-order valence-electron chi connectivity index (χ3n) is 6.09. The summed E-state index contributed by atoms with van der Waals surface area (Å²) in [5.74, 6) is 1.44. The van der Waals surface area contributed by atoms with Crippen LogP contribution in [0.15, 0.2) is 4.99 Å². The minimum atomic E-state index is -4.17. The van der Waals surface area contributed by atoms with Crippen molar-refractivity contribution in [3.8, 4) is 0 Å². The summed E-state index contributed by atoms with van der Waals surface area (Å²) in [4.78, 5) is 21.7. The molecule has 0 aromatic heterocycles. The van der Waals surface area contributed by atoms with E-state index in [9.17, 15) is 18.0 Å².